The Balaban J connectivity index is 1.36. The largest absolute Gasteiger partial charge is 0.389 e. The minimum atomic E-state index is -4.42. The normalized spacial score (nSPS) is 24.8. The smallest absolute Gasteiger partial charge is 0.349 e. The second-order valence-electron chi connectivity index (χ2n) is 11.2. The third-order valence-corrected chi connectivity index (χ3v) is 8.07. The Labute approximate surface area is 221 Å². The molecule has 3 aliphatic carbocycles. The van der Waals surface area contributed by atoms with Gasteiger partial charge in [0.2, 0.25) is 17.7 Å². The summed E-state index contributed by atoms with van der Waals surface area (Å²) in [6.45, 7) is -0.589. The molecule has 214 valence electrons. The standard InChI is InChI=1S/C26H31F6N5O2/c27-11-16-9-18(16)24(39)36-23(15-3-6-25(28,29)7-4-15)19-13-37-20(34-19)10-17(12-33-37)22(14-1-2-14)35-21(38)5-8-26(30,31)32/h10,12-16,18,22-23H,1-9,11H2,(H,35,38)(H,36,39)/t16-,18-,22?,23+/m1/s1. The number of carbonyl (C=O) groups excluding carboxylic acids is 2. The van der Waals surface area contributed by atoms with Gasteiger partial charge in [-0.1, -0.05) is 0 Å². The number of imidazole rings is 1. The Bertz CT molecular complexity index is 1200. The first-order chi connectivity index (χ1) is 18.4. The summed E-state index contributed by atoms with van der Waals surface area (Å²) in [6, 6.07) is 0.533. The molecule has 2 aromatic heterocycles. The monoisotopic (exact) mass is 559 g/mol. The van der Waals surface area contributed by atoms with Gasteiger partial charge in [0.1, 0.15) is 0 Å². The maximum Gasteiger partial charge on any atom is 0.389 e. The Morgan fingerprint density at radius 1 is 1.08 bits per heavy atom. The first-order valence-electron chi connectivity index (χ1n) is 13.4. The van der Waals surface area contributed by atoms with Crippen LogP contribution in [0.1, 0.15) is 81.1 Å². The zero-order valence-corrected chi connectivity index (χ0v) is 21.2. The number of carbonyl (C=O) groups is 2. The van der Waals surface area contributed by atoms with Crippen molar-refractivity contribution in [3.05, 3.63) is 29.7 Å². The first-order valence-corrected chi connectivity index (χ1v) is 13.4. The van der Waals surface area contributed by atoms with Gasteiger partial charge in [-0.3, -0.25) is 14.0 Å². The lowest BCUT2D eigenvalue weighted by molar-refractivity contribution is -0.144. The van der Waals surface area contributed by atoms with E-state index in [2.05, 4.69) is 20.7 Å². The molecule has 3 fully saturated rings. The van der Waals surface area contributed by atoms with Crippen LogP contribution in [-0.2, 0) is 9.59 Å². The van der Waals surface area contributed by atoms with Crippen LogP contribution in [0.25, 0.3) is 5.65 Å². The lowest BCUT2D eigenvalue weighted by atomic mass is 9.81. The molecule has 0 aliphatic heterocycles. The molecule has 0 saturated heterocycles. The maximum absolute atomic E-state index is 13.9. The molecule has 2 N–H and O–H groups in total. The average molecular weight is 560 g/mol. The van der Waals surface area contributed by atoms with Crippen LogP contribution < -0.4 is 10.6 Å². The molecular weight excluding hydrogens is 528 g/mol. The molecule has 5 rings (SSSR count). The number of rotatable bonds is 10. The minimum Gasteiger partial charge on any atom is -0.349 e. The molecule has 0 bridgehead atoms. The highest BCUT2D eigenvalue weighted by Crippen LogP contribution is 2.44. The zero-order chi connectivity index (χ0) is 27.9. The van der Waals surface area contributed by atoms with E-state index in [1.54, 1.807) is 12.3 Å². The molecule has 7 nitrogen and oxygen atoms in total. The zero-order valence-electron chi connectivity index (χ0n) is 21.2. The van der Waals surface area contributed by atoms with Crippen LogP contribution in [0.15, 0.2) is 18.5 Å². The highest BCUT2D eigenvalue weighted by Gasteiger charge is 2.45. The van der Waals surface area contributed by atoms with E-state index >= 15 is 0 Å². The van der Waals surface area contributed by atoms with Crippen molar-refractivity contribution < 1.29 is 35.9 Å². The molecule has 3 saturated carbocycles. The van der Waals surface area contributed by atoms with E-state index < -0.39 is 55.5 Å². The highest BCUT2D eigenvalue weighted by molar-refractivity contribution is 5.82. The number of alkyl halides is 6. The van der Waals surface area contributed by atoms with Crippen LogP contribution in [0, 0.1) is 23.7 Å². The predicted octanol–water partition coefficient (Wildman–Crippen LogP) is 5.23. The summed E-state index contributed by atoms with van der Waals surface area (Å²) in [7, 11) is 0. The van der Waals surface area contributed by atoms with Gasteiger partial charge in [0.15, 0.2) is 5.65 Å². The van der Waals surface area contributed by atoms with Crippen molar-refractivity contribution >= 4 is 17.5 Å². The van der Waals surface area contributed by atoms with Gasteiger partial charge in [-0.25, -0.2) is 18.3 Å². The molecule has 3 aliphatic rings. The third kappa shape index (κ3) is 6.84. The van der Waals surface area contributed by atoms with Crippen molar-refractivity contribution in [1.82, 2.24) is 25.2 Å². The minimum absolute atomic E-state index is 0.0801. The number of halogens is 6. The second kappa shape index (κ2) is 10.6. The number of nitrogens with zero attached hydrogens (tertiary/aromatic N) is 3. The van der Waals surface area contributed by atoms with Crippen LogP contribution in [0.4, 0.5) is 26.3 Å². The van der Waals surface area contributed by atoms with Crippen molar-refractivity contribution in [3.63, 3.8) is 0 Å². The van der Waals surface area contributed by atoms with E-state index in [1.807, 2.05) is 0 Å². The number of amides is 2. The summed E-state index contributed by atoms with van der Waals surface area (Å²) >= 11 is 0. The van der Waals surface area contributed by atoms with E-state index in [9.17, 15) is 35.9 Å². The third-order valence-electron chi connectivity index (χ3n) is 8.07. The molecule has 2 aromatic rings. The molecule has 0 spiro atoms. The van der Waals surface area contributed by atoms with Gasteiger partial charge in [0.05, 0.1) is 43.3 Å². The Morgan fingerprint density at radius 3 is 2.38 bits per heavy atom. The topological polar surface area (TPSA) is 88.4 Å². The SMILES string of the molecule is O=C(CCC(F)(F)F)NC(c1cnn2cc([C@@H](NC(=O)[C@@H]3C[C@@H]3CF)C3CCC(F)(F)CC3)nc2c1)C1CC1. The van der Waals surface area contributed by atoms with Crippen LogP contribution in [-0.4, -0.2) is 45.2 Å². The quantitative estimate of drug-likeness (QED) is 0.391. The molecular formula is C26H31F6N5O2. The highest BCUT2D eigenvalue weighted by atomic mass is 19.4. The Morgan fingerprint density at radius 2 is 1.77 bits per heavy atom. The number of hydrogen-bond donors (Lipinski definition) is 2. The van der Waals surface area contributed by atoms with Crippen molar-refractivity contribution in [3.8, 4) is 0 Å². The fourth-order valence-corrected chi connectivity index (χ4v) is 5.46. The van der Waals surface area contributed by atoms with Crippen molar-refractivity contribution in [1.29, 1.82) is 0 Å². The van der Waals surface area contributed by atoms with E-state index in [4.69, 9.17) is 0 Å². The summed E-state index contributed by atoms with van der Waals surface area (Å²) < 4.78 is 79.8. The predicted molar refractivity (Wildman–Crippen MR) is 127 cm³/mol. The van der Waals surface area contributed by atoms with Crippen molar-refractivity contribution in [2.45, 2.75) is 82.0 Å². The van der Waals surface area contributed by atoms with E-state index in [1.165, 1.54) is 10.7 Å². The van der Waals surface area contributed by atoms with Gasteiger partial charge in [-0.2, -0.15) is 18.3 Å². The summed E-state index contributed by atoms with van der Waals surface area (Å²) in [5.41, 5.74) is 1.44. The van der Waals surface area contributed by atoms with E-state index in [0.29, 0.717) is 23.3 Å². The fraction of sp³-hybridized carbons (Fsp3) is 0.692. The second-order valence-corrected chi connectivity index (χ2v) is 11.2. The lowest BCUT2D eigenvalue weighted by Gasteiger charge is -2.33. The number of nitrogens with one attached hydrogen (secondary N) is 2. The maximum atomic E-state index is 13.9. The Kier molecular flexibility index (Phi) is 7.53. The van der Waals surface area contributed by atoms with Crippen molar-refractivity contribution in [2.75, 3.05) is 6.67 Å². The molecule has 1 unspecified atom stereocenters. The first kappa shape index (κ1) is 27.7. The van der Waals surface area contributed by atoms with Crippen LogP contribution >= 0.6 is 0 Å². The van der Waals surface area contributed by atoms with Gasteiger partial charge in [-0.15, -0.1) is 0 Å². The molecule has 4 atom stereocenters. The molecule has 2 heterocycles. The lowest BCUT2D eigenvalue weighted by Crippen LogP contribution is -2.38. The van der Waals surface area contributed by atoms with Gasteiger partial charge >= 0.3 is 6.18 Å². The summed E-state index contributed by atoms with van der Waals surface area (Å²) in [6.07, 6.45) is -1.29. The van der Waals surface area contributed by atoms with Gasteiger partial charge in [-0.05, 0) is 61.5 Å². The van der Waals surface area contributed by atoms with Crippen molar-refractivity contribution in [2.24, 2.45) is 23.7 Å². The number of fused-ring (bicyclic) bond motifs is 1. The Hall–Kier alpha value is -2.86. The molecule has 13 heteroatoms. The van der Waals surface area contributed by atoms with Gasteiger partial charge in [0.25, 0.3) is 0 Å². The number of aromatic nitrogens is 3. The van der Waals surface area contributed by atoms with Crippen LogP contribution in [0.3, 0.4) is 0 Å². The summed E-state index contributed by atoms with van der Waals surface area (Å²) in [5, 5.41) is 10.0. The summed E-state index contributed by atoms with van der Waals surface area (Å²) in [4.78, 5) is 29.7. The average Bonchev–Trinajstić information content (AvgIpc) is 3.80. The molecule has 0 radical (unpaired) electrons. The van der Waals surface area contributed by atoms with E-state index in [0.717, 1.165) is 12.8 Å². The van der Waals surface area contributed by atoms with E-state index in [-0.39, 0.29) is 49.3 Å². The number of hydrogen-bond acceptors (Lipinski definition) is 4. The molecule has 39 heavy (non-hydrogen) atoms. The molecule has 2 amide bonds. The molecule has 0 aromatic carbocycles. The van der Waals surface area contributed by atoms with Gasteiger partial charge in [0, 0.05) is 25.2 Å². The summed E-state index contributed by atoms with van der Waals surface area (Å²) in [5.74, 6) is -4.73. The van der Waals surface area contributed by atoms with Gasteiger partial charge < -0.3 is 10.6 Å². The fourth-order valence-electron chi connectivity index (χ4n) is 5.46. The van der Waals surface area contributed by atoms with Crippen LogP contribution in [0.5, 0.6) is 0 Å². The van der Waals surface area contributed by atoms with Crippen LogP contribution in [0.2, 0.25) is 0 Å².